The highest BCUT2D eigenvalue weighted by molar-refractivity contribution is 5.82. The summed E-state index contributed by atoms with van der Waals surface area (Å²) in [7, 11) is 1.57. The molecular formula is C22H20O4. The van der Waals surface area contributed by atoms with Crippen LogP contribution in [0.4, 0.5) is 0 Å². The third-order valence-electron chi connectivity index (χ3n) is 4.01. The number of hydrogen-bond donors (Lipinski definition) is 0. The van der Waals surface area contributed by atoms with E-state index in [1.54, 1.807) is 37.5 Å². The Bertz CT molecular complexity index is 1010. The quantitative estimate of drug-likeness (QED) is 0.578. The molecule has 0 fully saturated rings. The maximum Gasteiger partial charge on any atom is 0.193 e. The van der Waals surface area contributed by atoms with Crippen LogP contribution in [0.1, 0.15) is 5.56 Å². The van der Waals surface area contributed by atoms with Crippen LogP contribution in [0.15, 0.2) is 77.0 Å². The van der Waals surface area contributed by atoms with Crippen LogP contribution in [0.3, 0.4) is 0 Å². The Hall–Kier alpha value is -3.27. The molecule has 0 radical (unpaired) electrons. The molecule has 132 valence electrons. The van der Waals surface area contributed by atoms with Gasteiger partial charge in [-0.1, -0.05) is 30.9 Å². The minimum absolute atomic E-state index is 0.0851. The highest BCUT2D eigenvalue weighted by atomic mass is 16.5. The van der Waals surface area contributed by atoms with Crippen LogP contribution in [0, 0.1) is 0 Å². The predicted octanol–water partition coefficient (Wildman–Crippen LogP) is 4.76. The second-order valence-electron chi connectivity index (χ2n) is 5.73. The number of ether oxygens (including phenoxy) is 2. The van der Waals surface area contributed by atoms with Crippen LogP contribution < -0.4 is 14.9 Å². The van der Waals surface area contributed by atoms with Gasteiger partial charge >= 0.3 is 0 Å². The van der Waals surface area contributed by atoms with Gasteiger partial charge in [-0.2, -0.15) is 0 Å². The summed E-state index contributed by atoms with van der Waals surface area (Å²) in [6.07, 6.45) is 4.08. The molecule has 0 spiro atoms. The lowest BCUT2D eigenvalue weighted by atomic mass is 10.1. The van der Waals surface area contributed by atoms with Crippen molar-refractivity contribution in [2.45, 2.75) is 6.42 Å². The predicted molar refractivity (Wildman–Crippen MR) is 104 cm³/mol. The lowest BCUT2D eigenvalue weighted by Crippen LogP contribution is -2.02. The van der Waals surface area contributed by atoms with Crippen molar-refractivity contribution in [3.8, 4) is 22.8 Å². The molecule has 4 heteroatoms. The zero-order valence-electron chi connectivity index (χ0n) is 14.7. The van der Waals surface area contributed by atoms with Crippen molar-refractivity contribution < 1.29 is 13.9 Å². The van der Waals surface area contributed by atoms with E-state index in [0.29, 0.717) is 41.3 Å². The molecule has 1 heterocycles. The number of methoxy groups -OCH3 is 1. The molecule has 0 aliphatic rings. The summed E-state index contributed by atoms with van der Waals surface area (Å²) < 4.78 is 17.0. The van der Waals surface area contributed by atoms with Crippen LogP contribution in [-0.4, -0.2) is 13.7 Å². The number of benzene rings is 2. The zero-order chi connectivity index (χ0) is 18.5. The fourth-order valence-corrected chi connectivity index (χ4v) is 2.78. The average molecular weight is 348 g/mol. The van der Waals surface area contributed by atoms with Crippen LogP contribution in [0.25, 0.3) is 22.3 Å². The Labute approximate surface area is 152 Å². The zero-order valence-corrected chi connectivity index (χ0v) is 14.7. The van der Waals surface area contributed by atoms with E-state index in [2.05, 4.69) is 13.2 Å². The van der Waals surface area contributed by atoms with Crippen LogP contribution in [0.5, 0.6) is 11.5 Å². The largest absolute Gasteiger partial charge is 0.493 e. The van der Waals surface area contributed by atoms with Gasteiger partial charge in [-0.3, -0.25) is 4.79 Å². The second kappa shape index (κ2) is 7.74. The fraction of sp³-hybridized carbons (Fsp3) is 0.136. The molecule has 0 atom stereocenters. The molecule has 0 saturated carbocycles. The highest BCUT2D eigenvalue weighted by Crippen LogP contribution is 2.33. The number of fused-ring (bicyclic) bond motifs is 1. The van der Waals surface area contributed by atoms with Crippen molar-refractivity contribution in [2.24, 2.45) is 0 Å². The summed E-state index contributed by atoms with van der Waals surface area (Å²) in [6.45, 7) is 7.78. The van der Waals surface area contributed by atoms with Gasteiger partial charge in [0.25, 0.3) is 0 Å². The molecule has 1 aromatic heterocycles. The van der Waals surface area contributed by atoms with E-state index in [4.69, 9.17) is 13.9 Å². The summed E-state index contributed by atoms with van der Waals surface area (Å²) in [6, 6.07) is 12.5. The number of hydrogen-bond acceptors (Lipinski definition) is 4. The topological polar surface area (TPSA) is 48.7 Å². The Kier molecular flexibility index (Phi) is 5.23. The Morgan fingerprint density at radius 2 is 1.92 bits per heavy atom. The molecule has 0 bridgehead atoms. The second-order valence-corrected chi connectivity index (χ2v) is 5.73. The van der Waals surface area contributed by atoms with Crippen LogP contribution in [-0.2, 0) is 6.42 Å². The molecule has 3 aromatic rings. The molecule has 0 saturated heterocycles. The Morgan fingerprint density at radius 1 is 1.08 bits per heavy atom. The first-order valence-corrected chi connectivity index (χ1v) is 8.26. The van der Waals surface area contributed by atoms with E-state index in [1.165, 1.54) is 6.07 Å². The van der Waals surface area contributed by atoms with Crippen molar-refractivity contribution in [1.82, 2.24) is 0 Å². The van der Waals surface area contributed by atoms with Crippen molar-refractivity contribution in [3.05, 3.63) is 83.6 Å². The van der Waals surface area contributed by atoms with Gasteiger partial charge in [0.1, 0.15) is 18.0 Å². The first-order valence-electron chi connectivity index (χ1n) is 8.26. The SMILES string of the molecule is C=CCOc1ccc(-c2cc(=O)c3cccc(CC=C)c3o2)cc1OC. The first kappa shape index (κ1) is 17.5. The third-order valence-corrected chi connectivity index (χ3v) is 4.01. The minimum Gasteiger partial charge on any atom is -0.493 e. The molecule has 0 N–H and O–H groups in total. The van der Waals surface area contributed by atoms with Crippen LogP contribution >= 0.6 is 0 Å². The monoisotopic (exact) mass is 348 g/mol. The lowest BCUT2D eigenvalue weighted by Gasteiger charge is -2.11. The third kappa shape index (κ3) is 3.40. The van der Waals surface area contributed by atoms with Gasteiger partial charge in [0.15, 0.2) is 16.9 Å². The van der Waals surface area contributed by atoms with E-state index < -0.39 is 0 Å². The molecule has 0 unspecified atom stereocenters. The van der Waals surface area contributed by atoms with Crippen molar-refractivity contribution in [2.75, 3.05) is 13.7 Å². The summed E-state index contributed by atoms with van der Waals surface area (Å²) in [5.41, 5.74) is 2.16. The van der Waals surface area contributed by atoms with E-state index in [-0.39, 0.29) is 5.43 Å². The van der Waals surface area contributed by atoms with Gasteiger partial charge in [-0.15, -0.1) is 6.58 Å². The molecule has 26 heavy (non-hydrogen) atoms. The fourth-order valence-electron chi connectivity index (χ4n) is 2.78. The molecule has 0 aliphatic carbocycles. The molecule has 3 rings (SSSR count). The standard InChI is InChI=1S/C22H20O4/c1-4-7-15-8-6-9-17-18(23)14-20(26-22(15)17)16-10-11-19(25-12-5-2)21(13-16)24-3/h4-6,8-11,13-14H,1-2,7,12H2,3H3. The van der Waals surface area contributed by atoms with E-state index in [9.17, 15) is 4.79 Å². The number of para-hydroxylation sites is 1. The van der Waals surface area contributed by atoms with Gasteiger partial charge in [0.2, 0.25) is 0 Å². The number of allylic oxidation sites excluding steroid dienone is 1. The summed E-state index contributed by atoms with van der Waals surface area (Å²) in [5, 5.41) is 0.561. The average Bonchev–Trinajstić information content (AvgIpc) is 2.67. The molecular weight excluding hydrogens is 328 g/mol. The van der Waals surface area contributed by atoms with E-state index >= 15 is 0 Å². The molecule has 0 aliphatic heterocycles. The van der Waals surface area contributed by atoms with Gasteiger partial charge in [0.05, 0.1) is 12.5 Å². The number of rotatable bonds is 7. The summed E-state index contributed by atoms with van der Waals surface area (Å²) in [4.78, 5) is 12.5. The maximum absolute atomic E-state index is 12.5. The smallest absolute Gasteiger partial charge is 0.193 e. The molecule has 4 nitrogen and oxygen atoms in total. The minimum atomic E-state index is -0.0851. The maximum atomic E-state index is 12.5. The summed E-state index contributed by atoms with van der Waals surface area (Å²) >= 11 is 0. The van der Waals surface area contributed by atoms with Crippen molar-refractivity contribution >= 4 is 11.0 Å². The Balaban J connectivity index is 2.13. The Morgan fingerprint density at radius 3 is 2.65 bits per heavy atom. The lowest BCUT2D eigenvalue weighted by molar-refractivity contribution is 0.326. The molecule has 0 amide bonds. The molecule has 2 aromatic carbocycles. The van der Waals surface area contributed by atoms with Gasteiger partial charge in [-0.25, -0.2) is 0 Å². The summed E-state index contributed by atoms with van der Waals surface area (Å²) in [5.74, 6) is 1.64. The van der Waals surface area contributed by atoms with Gasteiger partial charge in [0, 0.05) is 11.6 Å². The highest BCUT2D eigenvalue weighted by Gasteiger charge is 2.12. The van der Waals surface area contributed by atoms with Gasteiger partial charge in [-0.05, 0) is 36.2 Å². The van der Waals surface area contributed by atoms with Gasteiger partial charge < -0.3 is 13.9 Å². The first-order chi connectivity index (χ1) is 12.7. The van der Waals surface area contributed by atoms with Crippen LogP contribution in [0.2, 0.25) is 0 Å². The normalized spacial score (nSPS) is 10.5. The van der Waals surface area contributed by atoms with Crippen molar-refractivity contribution in [1.29, 1.82) is 0 Å². The van der Waals surface area contributed by atoms with Crippen molar-refractivity contribution in [3.63, 3.8) is 0 Å². The van der Waals surface area contributed by atoms with E-state index in [1.807, 2.05) is 18.2 Å². The van der Waals surface area contributed by atoms with E-state index in [0.717, 1.165) is 11.1 Å².